The number of hydrogen-bond acceptors (Lipinski definition) is 6. The molecule has 196 valence electrons. The molecule has 6 rings (SSSR count). The minimum absolute atomic E-state index is 0.0569. The van der Waals surface area contributed by atoms with E-state index in [2.05, 4.69) is 25.5 Å². The van der Waals surface area contributed by atoms with Crippen LogP contribution in [0.4, 0.5) is 4.79 Å². The Hall–Kier alpha value is -3.99. The SMILES string of the molecule is CN(C(=O)O)[C@H]1CC[C@H](c2cnc([C@@H]3CCc4cc(-c5cc(Cl)ccc5-n5cnnn5)cc(=O)n43)[nH]2)CC1. The Morgan fingerprint density at radius 2 is 1.97 bits per heavy atom. The molecule has 1 saturated carbocycles. The molecule has 1 amide bonds. The monoisotopic (exact) mass is 534 g/mol. The average molecular weight is 535 g/mol. The fourth-order valence-electron chi connectivity index (χ4n) is 5.88. The number of amides is 1. The van der Waals surface area contributed by atoms with Gasteiger partial charge < -0.3 is 19.6 Å². The number of hydrogen-bond donors (Lipinski definition) is 2. The van der Waals surface area contributed by atoms with Crippen molar-refractivity contribution in [3.05, 3.63) is 75.4 Å². The topological polar surface area (TPSA) is 135 Å². The number of benzene rings is 1. The second-order valence-corrected chi connectivity index (χ2v) is 10.5. The summed E-state index contributed by atoms with van der Waals surface area (Å²) in [6.45, 7) is 0. The molecule has 38 heavy (non-hydrogen) atoms. The van der Waals surface area contributed by atoms with Gasteiger partial charge >= 0.3 is 6.09 Å². The second kappa shape index (κ2) is 9.71. The van der Waals surface area contributed by atoms with Crippen molar-refractivity contribution < 1.29 is 9.90 Å². The molecule has 0 radical (unpaired) electrons. The molecular weight excluding hydrogens is 508 g/mol. The first-order valence-corrected chi connectivity index (χ1v) is 13.1. The number of pyridine rings is 1. The van der Waals surface area contributed by atoms with Crippen molar-refractivity contribution in [2.45, 2.75) is 56.5 Å². The summed E-state index contributed by atoms with van der Waals surface area (Å²) in [6.07, 6.45) is 7.48. The number of H-pyrrole nitrogens is 1. The molecule has 0 unspecified atom stereocenters. The zero-order valence-corrected chi connectivity index (χ0v) is 21.5. The molecule has 1 aliphatic carbocycles. The number of nitrogens with one attached hydrogen (secondary N) is 1. The van der Waals surface area contributed by atoms with E-state index in [0.717, 1.165) is 72.6 Å². The van der Waals surface area contributed by atoms with Crippen LogP contribution in [-0.4, -0.2) is 63.9 Å². The van der Waals surface area contributed by atoms with Crippen molar-refractivity contribution in [3.63, 3.8) is 0 Å². The first-order valence-electron chi connectivity index (χ1n) is 12.7. The Morgan fingerprint density at radius 1 is 1.16 bits per heavy atom. The van der Waals surface area contributed by atoms with Crippen LogP contribution in [0.1, 0.15) is 61.3 Å². The minimum Gasteiger partial charge on any atom is -0.465 e. The Bertz CT molecular complexity index is 1540. The number of carboxylic acid groups (broad SMARTS) is 1. The van der Waals surface area contributed by atoms with Gasteiger partial charge in [-0.05, 0) is 78.8 Å². The standard InChI is InChI=1S/C26H27ClN8O3/c1-33(26(37)38)18-5-2-15(3-6-18)21-13-28-25(30-21)23-9-7-19-10-16(11-24(36)35(19)23)20-12-17(27)4-8-22(20)34-14-29-31-32-34/h4,8,10-15,18,23H,2-3,5-7,9H2,1H3,(H,28,30)(H,37,38)/t15-,18-,23-/m0/s1. The van der Waals surface area contributed by atoms with Crippen LogP contribution in [0, 0.1) is 0 Å². The Kier molecular flexibility index (Phi) is 6.22. The van der Waals surface area contributed by atoms with Gasteiger partial charge in [-0.25, -0.2) is 9.78 Å². The molecule has 0 bridgehead atoms. The molecule has 3 aromatic heterocycles. The molecule has 1 aliphatic heterocycles. The number of rotatable bonds is 5. The van der Waals surface area contributed by atoms with E-state index in [1.807, 2.05) is 29.0 Å². The number of nitrogens with zero attached hydrogens (tertiary/aromatic N) is 7. The Balaban J connectivity index is 1.25. The number of aromatic nitrogens is 7. The summed E-state index contributed by atoms with van der Waals surface area (Å²) in [7, 11) is 1.64. The maximum atomic E-state index is 13.4. The summed E-state index contributed by atoms with van der Waals surface area (Å²) in [6, 6.07) is 8.98. The van der Waals surface area contributed by atoms with Crippen molar-refractivity contribution in [3.8, 4) is 16.8 Å². The van der Waals surface area contributed by atoms with E-state index in [1.54, 1.807) is 23.9 Å². The summed E-state index contributed by atoms with van der Waals surface area (Å²) in [5, 5.41) is 21.3. The number of imidazole rings is 1. The van der Waals surface area contributed by atoms with Gasteiger partial charge in [-0.3, -0.25) is 4.79 Å². The molecule has 1 atom stereocenters. The molecule has 4 aromatic rings. The third-order valence-electron chi connectivity index (χ3n) is 7.92. The number of carbonyl (C=O) groups is 1. The van der Waals surface area contributed by atoms with Crippen molar-refractivity contribution in [2.24, 2.45) is 0 Å². The van der Waals surface area contributed by atoms with Crippen LogP contribution < -0.4 is 5.56 Å². The normalized spacial score (nSPS) is 20.8. The first kappa shape index (κ1) is 24.4. The minimum atomic E-state index is -0.882. The van der Waals surface area contributed by atoms with E-state index < -0.39 is 6.09 Å². The summed E-state index contributed by atoms with van der Waals surface area (Å²) < 4.78 is 3.38. The summed E-state index contributed by atoms with van der Waals surface area (Å²) >= 11 is 6.31. The van der Waals surface area contributed by atoms with Gasteiger partial charge in [-0.1, -0.05) is 11.6 Å². The molecule has 12 heteroatoms. The van der Waals surface area contributed by atoms with Crippen LogP contribution in [0.25, 0.3) is 16.8 Å². The fraction of sp³-hybridized carbons (Fsp3) is 0.385. The third-order valence-corrected chi connectivity index (χ3v) is 8.15. The number of fused-ring (bicyclic) bond motifs is 1. The Labute approximate surface area is 223 Å². The lowest BCUT2D eigenvalue weighted by molar-refractivity contribution is 0.124. The van der Waals surface area contributed by atoms with Gasteiger partial charge in [0.2, 0.25) is 0 Å². The molecule has 11 nitrogen and oxygen atoms in total. The van der Waals surface area contributed by atoms with Gasteiger partial charge in [0.15, 0.2) is 0 Å². The maximum Gasteiger partial charge on any atom is 0.407 e. The van der Waals surface area contributed by atoms with E-state index in [0.29, 0.717) is 10.9 Å². The van der Waals surface area contributed by atoms with Crippen LogP contribution in [-0.2, 0) is 6.42 Å². The summed E-state index contributed by atoms with van der Waals surface area (Å²) in [4.78, 5) is 34.3. The van der Waals surface area contributed by atoms with Crippen molar-refractivity contribution >= 4 is 17.7 Å². The van der Waals surface area contributed by atoms with Gasteiger partial charge in [0.25, 0.3) is 5.56 Å². The fourth-order valence-corrected chi connectivity index (χ4v) is 6.05. The lowest BCUT2D eigenvalue weighted by atomic mass is 9.84. The van der Waals surface area contributed by atoms with Crippen molar-refractivity contribution in [2.75, 3.05) is 7.05 Å². The number of aryl methyl sites for hydroxylation is 1. The van der Waals surface area contributed by atoms with Crippen molar-refractivity contribution in [1.29, 1.82) is 0 Å². The van der Waals surface area contributed by atoms with E-state index in [4.69, 9.17) is 11.6 Å². The number of tetrazole rings is 1. The predicted molar refractivity (Wildman–Crippen MR) is 140 cm³/mol. The zero-order valence-electron chi connectivity index (χ0n) is 20.8. The zero-order chi connectivity index (χ0) is 26.4. The van der Waals surface area contributed by atoms with E-state index >= 15 is 0 Å². The van der Waals surface area contributed by atoms with E-state index in [9.17, 15) is 14.7 Å². The molecule has 2 aliphatic rings. The van der Waals surface area contributed by atoms with Gasteiger partial charge in [-0.2, -0.15) is 4.68 Å². The largest absolute Gasteiger partial charge is 0.465 e. The summed E-state index contributed by atoms with van der Waals surface area (Å²) in [5.74, 6) is 1.10. The quantitative estimate of drug-likeness (QED) is 0.394. The average Bonchev–Trinajstić information content (AvgIpc) is 3.69. The van der Waals surface area contributed by atoms with Crippen molar-refractivity contribution in [1.82, 2.24) is 39.6 Å². The molecule has 1 fully saturated rings. The molecule has 1 aromatic carbocycles. The van der Waals surface area contributed by atoms with Gasteiger partial charge in [0.05, 0.1) is 11.7 Å². The molecule has 0 spiro atoms. The summed E-state index contributed by atoms with van der Waals surface area (Å²) in [5.41, 5.74) is 4.17. The lowest BCUT2D eigenvalue weighted by Gasteiger charge is -2.32. The van der Waals surface area contributed by atoms with Crippen LogP contribution in [0.2, 0.25) is 5.02 Å². The number of aromatic amines is 1. The van der Waals surface area contributed by atoms with Gasteiger partial charge in [0.1, 0.15) is 12.2 Å². The van der Waals surface area contributed by atoms with E-state index in [-0.39, 0.29) is 17.6 Å². The molecular formula is C26H27ClN8O3. The van der Waals surface area contributed by atoms with Crippen LogP contribution in [0.5, 0.6) is 0 Å². The highest BCUT2D eigenvalue weighted by Crippen LogP contribution is 2.37. The van der Waals surface area contributed by atoms with Crippen LogP contribution in [0.15, 0.2) is 47.7 Å². The lowest BCUT2D eigenvalue weighted by Crippen LogP contribution is -2.38. The first-order chi connectivity index (χ1) is 18.4. The highest BCUT2D eigenvalue weighted by Gasteiger charge is 2.31. The highest BCUT2D eigenvalue weighted by molar-refractivity contribution is 6.31. The Morgan fingerprint density at radius 3 is 2.71 bits per heavy atom. The smallest absolute Gasteiger partial charge is 0.407 e. The number of halogens is 1. The predicted octanol–water partition coefficient (Wildman–Crippen LogP) is 4.04. The van der Waals surface area contributed by atoms with E-state index in [1.165, 1.54) is 11.2 Å². The van der Waals surface area contributed by atoms with Gasteiger partial charge in [-0.15, -0.1) is 5.10 Å². The molecule has 0 saturated heterocycles. The van der Waals surface area contributed by atoms with Gasteiger partial charge in [0, 0.05) is 53.2 Å². The van der Waals surface area contributed by atoms with Crippen LogP contribution in [0.3, 0.4) is 0 Å². The third kappa shape index (κ3) is 4.36. The highest BCUT2D eigenvalue weighted by atomic mass is 35.5. The maximum absolute atomic E-state index is 13.4. The second-order valence-electron chi connectivity index (χ2n) is 10.0. The van der Waals surface area contributed by atoms with Crippen LogP contribution >= 0.6 is 11.6 Å². The molecule has 4 heterocycles. The molecule has 2 N–H and O–H groups in total.